The molecule has 0 aromatic heterocycles. The van der Waals surface area contributed by atoms with Gasteiger partial charge in [0.2, 0.25) is 0 Å². The van der Waals surface area contributed by atoms with Gasteiger partial charge in [-0.05, 0) is 23.8 Å². The van der Waals surface area contributed by atoms with Crippen LogP contribution < -0.4 is 9.16 Å². The molecule has 4 heteroatoms. The molecule has 0 N–H and O–H groups in total. The summed E-state index contributed by atoms with van der Waals surface area (Å²) in [7, 11) is -2.47. The molecule has 0 aliphatic carbocycles. The van der Waals surface area contributed by atoms with Crippen molar-refractivity contribution in [2.24, 2.45) is 0 Å². The first-order chi connectivity index (χ1) is 12.1. The predicted molar refractivity (Wildman–Crippen MR) is 108 cm³/mol. The topological polar surface area (TPSA) is 27.7 Å². The Balaban J connectivity index is 1.81. The first-order valence-electron chi connectivity index (χ1n) is 9.25. The Morgan fingerprint density at radius 1 is 0.923 bits per heavy atom. The van der Waals surface area contributed by atoms with Crippen molar-refractivity contribution >= 4 is 8.56 Å². The summed E-state index contributed by atoms with van der Waals surface area (Å²) in [5.74, 6) is 1.79. The third-order valence-electron chi connectivity index (χ3n) is 4.94. The van der Waals surface area contributed by atoms with E-state index in [-0.39, 0.29) is 10.1 Å². The fraction of sp³-hybridized carbons (Fsp3) is 0.455. The highest BCUT2D eigenvalue weighted by Crippen LogP contribution is 2.54. The summed E-state index contributed by atoms with van der Waals surface area (Å²) in [5, 5.41) is -0.0448. The third-order valence-corrected chi connectivity index (χ3v) is 9.95. The number of hydrogen-bond donors (Lipinski definition) is 0. The Morgan fingerprint density at radius 2 is 1.58 bits per heavy atom. The molecule has 0 fully saturated rings. The summed E-state index contributed by atoms with van der Waals surface area (Å²) in [6, 6.07) is 16.3. The molecule has 0 saturated heterocycles. The van der Waals surface area contributed by atoms with Crippen LogP contribution in [-0.2, 0) is 17.6 Å². The van der Waals surface area contributed by atoms with Crippen LogP contribution in [0.15, 0.2) is 48.5 Å². The van der Waals surface area contributed by atoms with Crippen molar-refractivity contribution in [1.29, 1.82) is 0 Å². The van der Waals surface area contributed by atoms with E-state index in [1.165, 1.54) is 0 Å². The monoisotopic (exact) mass is 370 g/mol. The van der Waals surface area contributed by atoms with Gasteiger partial charge in [-0.2, -0.15) is 0 Å². The first kappa shape index (κ1) is 19.0. The van der Waals surface area contributed by atoms with Gasteiger partial charge in [-0.1, -0.05) is 71.9 Å². The van der Waals surface area contributed by atoms with Crippen LogP contribution in [0.2, 0.25) is 10.1 Å². The lowest BCUT2D eigenvalue weighted by Gasteiger charge is -2.50. The van der Waals surface area contributed by atoms with E-state index in [9.17, 15) is 0 Å². The van der Waals surface area contributed by atoms with Crippen LogP contribution in [0.5, 0.6) is 11.5 Å². The molecular formula is C22H30O3Si. The van der Waals surface area contributed by atoms with E-state index in [0.29, 0.717) is 13.2 Å². The van der Waals surface area contributed by atoms with Crippen LogP contribution >= 0.6 is 0 Å². The highest BCUT2D eigenvalue weighted by Gasteiger charge is 2.61. The van der Waals surface area contributed by atoms with Gasteiger partial charge in [0.1, 0.15) is 18.1 Å². The number of benzene rings is 2. The quantitative estimate of drug-likeness (QED) is 0.601. The highest BCUT2D eigenvalue weighted by atomic mass is 28.4. The van der Waals surface area contributed by atoms with E-state index in [0.717, 1.165) is 22.6 Å². The maximum absolute atomic E-state index is 6.63. The molecule has 1 heterocycles. The van der Waals surface area contributed by atoms with E-state index in [4.69, 9.17) is 13.6 Å². The fourth-order valence-corrected chi connectivity index (χ4v) is 8.48. The summed E-state index contributed by atoms with van der Waals surface area (Å²) < 4.78 is 19.1. The van der Waals surface area contributed by atoms with Gasteiger partial charge in [-0.15, -0.1) is 0 Å². The van der Waals surface area contributed by atoms with E-state index in [1.807, 2.05) is 36.4 Å². The minimum Gasteiger partial charge on any atom is -0.519 e. The first-order valence-corrected chi connectivity index (χ1v) is 11.1. The molecule has 0 spiro atoms. The standard InChI is InChI=1S/C22H30O3Si/c1-21(2,3)26(22(4,5)6)24-16-18-14-19(12-13-20(18)25-26)23-15-17-10-8-7-9-11-17/h7-14H,15-16H2,1-6H3. The van der Waals surface area contributed by atoms with Crippen molar-refractivity contribution in [2.45, 2.75) is 64.8 Å². The lowest BCUT2D eigenvalue weighted by atomic mass is 10.2. The van der Waals surface area contributed by atoms with Crippen molar-refractivity contribution < 1.29 is 13.6 Å². The molecular weight excluding hydrogens is 340 g/mol. The van der Waals surface area contributed by atoms with Crippen LogP contribution in [0.3, 0.4) is 0 Å². The molecule has 0 atom stereocenters. The number of rotatable bonds is 3. The zero-order valence-corrected chi connectivity index (χ0v) is 17.8. The zero-order valence-electron chi connectivity index (χ0n) is 16.8. The molecule has 1 aliphatic heterocycles. The van der Waals surface area contributed by atoms with Crippen molar-refractivity contribution in [3.05, 3.63) is 59.7 Å². The van der Waals surface area contributed by atoms with E-state index >= 15 is 0 Å². The number of hydrogen-bond acceptors (Lipinski definition) is 3. The molecule has 26 heavy (non-hydrogen) atoms. The van der Waals surface area contributed by atoms with Gasteiger partial charge >= 0.3 is 8.56 Å². The molecule has 0 saturated carbocycles. The summed E-state index contributed by atoms with van der Waals surface area (Å²) in [4.78, 5) is 0. The SMILES string of the molecule is CC(C)(C)[Si]1(C(C)(C)C)OCc2cc(OCc3ccccc3)ccc2O1. The summed E-state index contributed by atoms with van der Waals surface area (Å²) in [6.45, 7) is 14.5. The van der Waals surface area contributed by atoms with Gasteiger partial charge in [-0.3, -0.25) is 0 Å². The lowest BCUT2D eigenvalue weighted by Crippen LogP contribution is -2.61. The summed E-state index contributed by atoms with van der Waals surface area (Å²) in [6.07, 6.45) is 0. The van der Waals surface area contributed by atoms with Crippen molar-refractivity contribution in [3.8, 4) is 11.5 Å². The third kappa shape index (κ3) is 3.53. The summed E-state index contributed by atoms with van der Waals surface area (Å²) in [5.41, 5.74) is 2.22. The molecule has 2 aromatic carbocycles. The summed E-state index contributed by atoms with van der Waals surface area (Å²) >= 11 is 0. The molecule has 3 rings (SSSR count). The Hall–Kier alpha value is -1.78. The minimum atomic E-state index is -2.47. The Morgan fingerprint density at radius 3 is 2.19 bits per heavy atom. The van der Waals surface area contributed by atoms with Crippen LogP contribution in [0.1, 0.15) is 52.7 Å². The smallest absolute Gasteiger partial charge is 0.410 e. The molecule has 2 aromatic rings. The Kier molecular flexibility index (Phi) is 4.93. The molecule has 140 valence electrons. The second-order valence-corrected chi connectivity index (χ2v) is 13.8. The second-order valence-electron chi connectivity index (χ2n) is 9.05. The van der Waals surface area contributed by atoms with Gasteiger partial charge in [0, 0.05) is 15.6 Å². The van der Waals surface area contributed by atoms with E-state index < -0.39 is 8.56 Å². The molecule has 3 nitrogen and oxygen atoms in total. The molecule has 0 bridgehead atoms. The average molecular weight is 371 g/mol. The Labute approximate surface area is 158 Å². The van der Waals surface area contributed by atoms with Crippen molar-refractivity contribution in [2.75, 3.05) is 0 Å². The molecule has 0 unspecified atom stereocenters. The fourth-order valence-electron chi connectivity index (χ4n) is 3.83. The van der Waals surface area contributed by atoms with Crippen LogP contribution in [-0.4, -0.2) is 8.56 Å². The predicted octanol–water partition coefficient (Wildman–Crippen LogP) is 6.22. The highest BCUT2D eigenvalue weighted by molar-refractivity contribution is 6.74. The van der Waals surface area contributed by atoms with Crippen LogP contribution in [0.25, 0.3) is 0 Å². The van der Waals surface area contributed by atoms with Gasteiger partial charge in [0.25, 0.3) is 0 Å². The molecule has 0 amide bonds. The molecule has 0 radical (unpaired) electrons. The van der Waals surface area contributed by atoms with Gasteiger partial charge < -0.3 is 13.6 Å². The van der Waals surface area contributed by atoms with E-state index in [1.54, 1.807) is 0 Å². The molecule has 1 aliphatic rings. The second kappa shape index (κ2) is 6.75. The van der Waals surface area contributed by atoms with Crippen molar-refractivity contribution in [3.63, 3.8) is 0 Å². The number of fused-ring (bicyclic) bond motifs is 1. The maximum atomic E-state index is 6.63. The largest absolute Gasteiger partial charge is 0.519 e. The number of ether oxygens (including phenoxy) is 1. The lowest BCUT2D eigenvalue weighted by molar-refractivity contribution is 0.155. The van der Waals surface area contributed by atoms with Gasteiger partial charge in [0.15, 0.2) is 0 Å². The van der Waals surface area contributed by atoms with Gasteiger partial charge in [0.05, 0.1) is 6.61 Å². The minimum absolute atomic E-state index is 0.0224. The Bertz CT molecular complexity index is 743. The zero-order chi connectivity index (χ0) is 19.0. The van der Waals surface area contributed by atoms with Gasteiger partial charge in [-0.25, -0.2) is 0 Å². The average Bonchev–Trinajstić information content (AvgIpc) is 2.58. The van der Waals surface area contributed by atoms with E-state index in [2.05, 4.69) is 53.7 Å². The van der Waals surface area contributed by atoms with Crippen LogP contribution in [0.4, 0.5) is 0 Å². The maximum Gasteiger partial charge on any atom is 0.410 e. The van der Waals surface area contributed by atoms with Crippen molar-refractivity contribution in [1.82, 2.24) is 0 Å². The van der Waals surface area contributed by atoms with Crippen LogP contribution in [0, 0.1) is 0 Å². The normalized spacial score (nSPS) is 16.5.